The van der Waals surface area contributed by atoms with Crippen molar-refractivity contribution in [2.24, 2.45) is 5.92 Å². The molecule has 0 N–H and O–H groups in total. The summed E-state index contributed by atoms with van der Waals surface area (Å²) < 4.78 is 5.26. The van der Waals surface area contributed by atoms with E-state index in [9.17, 15) is 0 Å². The largest absolute Gasteiger partial charge is 0.384 e. The van der Waals surface area contributed by atoms with E-state index in [0.29, 0.717) is 11.8 Å². The summed E-state index contributed by atoms with van der Waals surface area (Å²) in [7, 11) is 1.79. The van der Waals surface area contributed by atoms with E-state index in [1.165, 1.54) is 18.4 Å². The minimum absolute atomic E-state index is 0.515. The summed E-state index contributed by atoms with van der Waals surface area (Å²) in [5, 5.41) is 0. The van der Waals surface area contributed by atoms with Crippen LogP contribution in [0.15, 0.2) is 18.7 Å². The highest BCUT2D eigenvalue weighted by Gasteiger charge is 2.20. The fourth-order valence-corrected chi connectivity index (χ4v) is 2.72. The van der Waals surface area contributed by atoms with E-state index in [-0.39, 0.29) is 0 Å². The first kappa shape index (κ1) is 15.0. The number of nitrogens with zero attached hydrogens (tertiary/aromatic N) is 2. The molecule has 2 rings (SSSR count). The number of aromatic nitrogens is 1. The third-order valence-electron chi connectivity index (χ3n) is 4.07. The second kappa shape index (κ2) is 6.89. The van der Waals surface area contributed by atoms with Crippen molar-refractivity contribution in [2.75, 3.05) is 31.7 Å². The van der Waals surface area contributed by atoms with Gasteiger partial charge < -0.3 is 9.64 Å². The second-order valence-electron chi connectivity index (χ2n) is 5.93. The van der Waals surface area contributed by atoms with Crippen LogP contribution in [0.4, 0.5) is 5.82 Å². The van der Waals surface area contributed by atoms with Crippen molar-refractivity contribution in [2.45, 2.75) is 32.6 Å². The van der Waals surface area contributed by atoms with Crippen molar-refractivity contribution in [3.63, 3.8) is 0 Å². The predicted molar refractivity (Wildman–Crippen MR) is 85.2 cm³/mol. The highest BCUT2D eigenvalue weighted by atomic mass is 16.5. The van der Waals surface area contributed by atoms with Crippen LogP contribution >= 0.6 is 0 Å². The van der Waals surface area contributed by atoms with Gasteiger partial charge in [0, 0.05) is 26.8 Å². The molecule has 0 amide bonds. The molecule has 3 nitrogen and oxygen atoms in total. The van der Waals surface area contributed by atoms with Crippen LogP contribution in [0.25, 0.3) is 6.08 Å². The number of pyridine rings is 1. The van der Waals surface area contributed by atoms with Gasteiger partial charge in [-0.25, -0.2) is 4.98 Å². The van der Waals surface area contributed by atoms with Gasteiger partial charge in [-0.3, -0.25) is 0 Å². The third kappa shape index (κ3) is 3.60. The monoisotopic (exact) mass is 274 g/mol. The lowest BCUT2D eigenvalue weighted by Crippen LogP contribution is -2.35. The molecule has 1 aromatic heterocycles. The minimum atomic E-state index is 0.515. The van der Waals surface area contributed by atoms with E-state index >= 15 is 0 Å². The molecular formula is C17H26N2O. The number of hydrogen-bond donors (Lipinski definition) is 0. The van der Waals surface area contributed by atoms with Gasteiger partial charge in [-0.05, 0) is 48.4 Å². The van der Waals surface area contributed by atoms with Gasteiger partial charge in [0.05, 0.1) is 5.69 Å². The Morgan fingerprint density at radius 1 is 1.40 bits per heavy atom. The van der Waals surface area contributed by atoms with E-state index in [1.54, 1.807) is 7.11 Å². The van der Waals surface area contributed by atoms with Crippen LogP contribution in [0, 0.1) is 5.92 Å². The van der Waals surface area contributed by atoms with E-state index in [0.717, 1.165) is 31.2 Å². The topological polar surface area (TPSA) is 25.4 Å². The summed E-state index contributed by atoms with van der Waals surface area (Å²) in [5.74, 6) is 2.31. The molecule has 1 aliphatic rings. The normalized spacial score (nSPS) is 16.7. The highest BCUT2D eigenvalue weighted by Crippen LogP contribution is 2.26. The van der Waals surface area contributed by atoms with Gasteiger partial charge in [0.2, 0.25) is 0 Å². The summed E-state index contributed by atoms with van der Waals surface area (Å²) in [5.41, 5.74) is 2.31. The molecule has 1 saturated heterocycles. The Morgan fingerprint density at radius 3 is 2.65 bits per heavy atom. The van der Waals surface area contributed by atoms with Gasteiger partial charge in [-0.1, -0.05) is 20.4 Å². The van der Waals surface area contributed by atoms with E-state index in [1.807, 2.05) is 6.08 Å². The summed E-state index contributed by atoms with van der Waals surface area (Å²) >= 11 is 0. The van der Waals surface area contributed by atoms with Crippen LogP contribution in [-0.4, -0.2) is 31.8 Å². The van der Waals surface area contributed by atoms with Crippen molar-refractivity contribution in [1.29, 1.82) is 0 Å². The van der Waals surface area contributed by atoms with Crippen LogP contribution in [-0.2, 0) is 4.74 Å². The zero-order valence-corrected chi connectivity index (χ0v) is 12.9. The summed E-state index contributed by atoms with van der Waals surface area (Å²) in [6.07, 6.45) is 4.21. The van der Waals surface area contributed by atoms with Gasteiger partial charge >= 0.3 is 0 Å². The molecule has 0 aliphatic carbocycles. The minimum Gasteiger partial charge on any atom is -0.384 e. The number of methoxy groups -OCH3 is 1. The van der Waals surface area contributed by atoms with Crippen LogP contribution in [0.5, 0.6) is 0 Å². The maximum absolute atomic E-state index is 5.26. The Balaban J connectivity index is 2.12. The lowest BCUT2D eigenvalue weighted by Gasteiger charge is -2.33. The van der Waals surface area contributed by atoms with Crippen LogP contribution < -0.4 is 4.90 Å². The molecule has 0 radical (unpaired) electrons. The molecule has 0 saturated carbocycles. The fraction of sp³-hybridized carbons (Fsp3) is 0.588. The molecular weight excluding hydrogens is 248 g/mol. The van der Waals surface area contributed by atoms with Crippen molar-refractivity contribution < 1.29 is 4.74 Å². The van der Waals surface area contributed by atoms with Crippen molar-refractivity contribution in [3.8, 4) is 0 Å². The smallest absolute Gasteiger partial charge is 0.129 e. The number of ether oxygens (including phenoxy) is 1. The standard InChI is InChI=1S/C17H26N2O/c1-5-16-10-15(13(2)3)11-17(18-16)19-8-6-14(7-9-19)12-20-4/h5,10-11,13-14H,1,6-9,12H2,2-4H3. The van der Waals surface area contributed by atoms with Crippen molar-refractivity contribution in [3.05, 3.63) is 30.0 Å². The first-order chi connectivity index (χ1) is 9.63. The van der Waals surface area contributed by atoms with Crippen molar-refractivity contribution in [1.82, 2.24) is 4.98 Å². The molecule has 110 valence electrons. The molecule has 3 heteroatoms. The molecule has 0 unspecified atom stereocenters. The first-order valence-corrected chi connectivity index (χ1v) is 7.52. The molecule has 0 atom stereocenters. The number of piperidine rings is 1. The van der Waals surface area contributed by atoms with Crippen LogP contribution in [0.3, 0.4) is 0 Å². The molecule has 0 spiro atoms. The molecule has 0 bridgehead atoms. The number of rotatable bonds is 5. The SMILES string of the molecule is C=Cc1cc(C(C)C)cc(N2CCC(COC)CC2)n1. The first-order valence-electron chi connectivity index (χ1n) is 7.52. The number of hydrogen-bond acceptors (Lipinski definition) is 3. The number of anilines is 1. The van der Waals surface area contributed by atoms with Gasteiger partial charge in [0.25, 0.3) is 0 Å². The summed E-state index contributed by atoms with van der Waals surface area (Å²) in [4.78, 5) is 7.10. The van der Waals surface area contributed by atoms with Gasteiger partial charge in [-0.15, -0.1) is 0 Å². The Bertz CT molecular complexity index is 448. The summed E-state index contributed by atoms with van der Waals surface area (Å²) in [6, 6.07) is 4.37. The fourth-order valence-electron chi connectivity index (χ4n) is 2.72. The molecule has 1 fully saturated rings. The Morgan fingerprint density at radius 2 is 2.10 bits per heavy atom. The third-order valence-corrected chi connectivity index (χ3v) is 4.07. The lowest BCUT2D eigenvalue weighted by atomic mass is 9.97. The Kier molecular flexibility index (Phi) is 5.18. The predicted octanol–water partition coefficient (Wildman–Crippen LogP) is 3.71. The Hall–Kier alpha value is -1.35. The zero-order chi connectivity index (χ0) is 14.5. The van der Waals surface area contributed by atoms with E-state index in [2.05, 4.69) is 37.5 Å². The molecule has 2 heterocycles. The van der Waals surface area contributed by atoms with Crippen molar-refractivity contribution >= 4 is 11.9 Å². The Labute approximate surface area is 122 Å². The maximum atomic E-state index is 5.26. The quantitative estimate of drug-likeness (QED) is 0.818. The van der Waals surface area contributed by atoms with Gasteiger partial charge in [0.1, 0.15) is 5.82 Å². The lowest BCUT2D eigenvalue weighted by molar-refractivity contribution is 0.139. The average Bonchev–Trinajstić information content (AvgIpc) is 2.47. The van der Waals surface area contributed by atoms with Crippen LogP contribution in [0.1, 0.15) is 43.9 Å². The molecule has 1 aliphatic heterocycles. The molecule has 20 heavy (non-hydrogen) atoms. The highest BCUT2D eigenvalue weighted by molar-refractivity contribution is 5.51. The average molecular weight is 274 g/mol. The van der Waals surface area contributed by atoms with E-state index in [4.69, 9.17) is 9.72 Å². The molecule has 1 aromatic rings. The molecule has 0 aromatic carbocycles. The van der Waals surface area contributed by atoms with Gasteiger partial charge in [0.15, 0.2) is 0 Å². The van der Waals surface area contributed by atoms with Gasteiger partial charge in [-0.2, -0.15) is 0 Å². The zero-order valence-electron chi connectivity index (χ0n) is 12.9. The van der Waals surface area contributed by atoms with Crippen LogP contribution in [0.2, 0.25) is 0 Å². The maximum Gasteiger partial charge on any atom is 0.129 e. The summed E-state index contributed by atoms with van der Waals surface area (Å²) in [6.45, 7) is 11.3. The van der Waals surface area contributed by atoms with E-state index < -0.39 is 0 Å². The second-order valence-corrected chi connectivity index (χ2v) is 5.93.